The molecule has 12 nitrogen and oxygen atoms in total. The van der Waals surface area contributed by atoms with Gasteiger partial charge in [0.15, 0.2) is 23.3 Å². The Labute approximate surface area is 392 Å². The molecule has 4 aliphatic rings. The molecule has 2 fully saturated rings. The van der Waals surface area contributed by atoms with E-state index in [4.69, 9.17) is 9.53 Å². The van der Waals surface area contributed by atoms with Crippen LogP contribution in [-0.2, 0) is 19.1 Å². The van der Waals surface area contributed by atoms with Crippen LogP contribution in [0.4, 0.5) is 22.4 Å². The molecule has 360 valence electrons. The Bertz CT molecular complexity index is 2660. The molecule has 4 aromatic carbocycles. The molecule has 68 heavy (non-hydrogen) atoms. The summed E-state index contributed by atoms with van der Waals surface area (Å²) in [7, 11) is 0. The lowest BCUT2D eigenvalue weighted by molar-refractivity contribution is -0.117. The lowest BCUT2D eigenvalue weighted by atomic mass is 9.75. The molecule has 0 saturated heterocycles. The van der Waals surface area contributed by atoms with Crippen molar-refractivity contribution in [2.45, 2.75) is 90.1 Å². The van der Waals surface area contributed by atoms with Crippen LogP contribution in [-0.4, -0.2) is 76.7 Å². The van der Waals surface area contributed by atoms with Gasteiger partial charge in [0.1, 0.15) is 11.5 Å². The minimum absolute atomic E-state index is 0.0319. The van der Waals surface area contributed by atoms with E-state index in [9.17, 15) is 47.3 Å². The summed E-state index contributed by atoms with van der Waals surface area (Å²) in [6, 6.07) is 17.9. The number of ether oxygens (including phenoxy) is 1. The number of amides is 3. The summed E-state index contributed by atoms with van der Waals surface area (Å²) in [5, 5.41) is 38.6. The first-order valence-electron chi connectivity index (χ1n) is 22.7. The summed E-state index contributed by atoms with van der Waals surface area (Å²) < 4.78 is 60.0. The second kappa shape index (κ2) is 22.0. The zero-order valence-electron chi connectivity index (χ0n) is 38.4. The van der Waals surface area contributed by atoms with Crippen LogP contribution < -0.4 is 16.0 Å². The predicted molar refractivity (Wildman–Crippen MR) is 248 cm³/mol. The molecular weight excluding hydrogens is 885 g/mol. The number of hydrogen-bond acceptors (Lipinski definition) is 9. The van der Waals surface area contributed by atoms with E-state index in [1.165, 1.54) is 18.2 Å². The summed E-state index contributed by atoms with van der Waals surface area (Å²) in [5.41, 5.74) is 3.74. The topological polar surface area (TPSA) is 187 Å². The summed E-state index contributed by atoms with van der Waals surface area (Å²) in [6.45, 7) is 8.32. The largest absolute Gasteiger partial charge is 0.509 e. The van der Waals surface area contributed by atoms with Crippen molar-refractivity contribution >= 4 is 35.1 Å². The third-order valence-electron chi connectivity index (χ3n) is 13.2. The Balaban J connectivity index is 0.000000206. The van der Waals surface area contributed by atoms with Gasteiger partial charge >= 0.3 is 6.09 Å². The number of aliphatic hydroxyl groups is 3. The highest BCUT2D eigenvalue weighted by Crippen LogP contribution is 2.46. The van der Waals surface area contributed by atoms with E-state index in [2.05, 4.69) is 20.9 Å². The fourth-order valence-corrected chi connectivity index (χ4v) is 9.26. The van der Waals surface area contributed by atoms with Gasteiger partial charge in [0.05, 0.1) is 22.2 Å². The number of carbonyl (C=O) groups excluding carboxylic acids is 4. The van der Waals surface area contributed by atoms with Crippen molar-refractivity contribution in [3.63, 3.8) is 0 Å². The molecule has 0 unspecified atom stereocenters. The fourth-order valence-electron chi connectivity index (χ4n) is 9.26. The number of isocyanates is 1. The molecule has 6 N–H and O–H groups in total. The molecule has 2 heterocycles. The molecule has 2 spiro atoms. The van der Waals surface area contributed by atoms with Gasteiger partial charge in [-0.2, -0.15) is 0 Å². The number of hydrogen-bond donors (Lipinski definition) is 6. The Kier molecular flexibility index (Phi) is 16.4. The Morgan fingerprint density at radius 3 is 1.54 bits per heavy atom. The van der Waals surface area contributed by atoms with Gasteiger partial charge in [0.2, 0.25) is 6.08 Å². The minimum atomic E-state index is -0.961. The predicted octanol–water partition coefficient (Wildman–Crippen LogP) is 9.05. The second-order valence-electron chi connectivity index (χ2n) is 17.6. The van der Waals surface area contributed by atoms with Gasteiger partial charge in [-0.05, 0) is 172 Å². The molecule has 8 rings (SSSR count). The SMILES string of the molecule is CCN=C=O.CCNC(=O)OC1=C(c2cc(-c3ccc(F)c(F)c3)ccc2C)C(=O)NC12CCC(CO)CC2.Cc1ccc(-c2ccc(F)c(F)c2)cc1C1=C(O)C2(CCC(CO)CC2)NC1=O. The van der Waals surface area contributed by atoms with Crippen molar-refractivity contribution in [3.05, 3.63) is 130 Å². The average molecular weight is 941 g/mol. The molecule has 2 aliphatic carbocycles. The van der Waals surface area contributed by atoms with E-state index in [0.717, 1.165) is 48.2 Å². The van der Waals surface area contributed by atoms with Gasteiger partial charge in [-0.25, -0.2) is 32.1 Å². The Hall–Kier alpha value is -6.61. The van der Waals surface area contributed by atoms with Crippen molar-refractivity contribution in [2.24, 2.45) is 16.8 Å². The Morgan fingerprint density at radius 2 is 1.12 bits per heavy atom. The van der Waals surface area contributed by atoms with E-state index in [-0.39, 0.29) is 59.5 Å². The molecule has 0 aromatic heterocycles. The first-order chi connectivity index (χ1) is 32.5. The number of aliphatic hydroxyl groups excluding tert-OH is 3. The highest BCUT2D eigenvalue weighted by Gasteiger charge is 2.50. The standard InChI is InChI=1S/C26H28F2N2O4.C23H23F2NO3.C3H5NO/c1-3-29-25(33)34-23-22(24(32)30-26(23)10-8-16(14-31)9-11-26)19-12-17(5-4-15(19)2)18-6-7-20(27)21(28)13-18;1-13-2-3-15(16-4-5-18(24)19(25)11-16)10-17(13)20-21(28)23(26-22(20)29)8-6-14(12-27)7-9-23;1-2-4-3-5/h4-7,12-13,16,31H,3,8-11,14H2,1-2H3,(H,29,33)(H,30,32);2-5,10-11,14,27-28H,6-9,12H2,1H3,(H,26,29);2H2,1H3. The Morgan fingerprint density at radius 1 is 0.691 bits per heavy atom. The molecule has 0 bridgehead atoms. The van der Waals surface area contributed by atoms with E-state index in [1.54, 1.807) is 50.2 Å². The van der Waals surface area contributed by atoms with Gasteiger partial charge in [-0.3, -0.25) is 9.59 Å². The van der Waals surface area contributed by atoms with Gasteiger partial charge in [-0.15, -0.1) is 0 Å². The summed E-state index contributed by atoms with van der Waals surface area (Å²) in [4.78, 5) is 50.9. The zero-order chi connectivity index (χ0) is 49.3. The second-order valence-corrected chi connectivity index (χ2v) is 17.6. The number of rotatable bonds is 9. The highest BCUT2D eigenvalue weighted by atomic mass is 19.2. The zero-order valence-corrected chi connectivity index (χ0v) is 38.4. The van der Waals surface area contributed by atoms with Crippen molar-refractivity contribution in [2.75, 3.05) is 26.3 Å². The van der Waals surface area contributed by atoms with Gasteiger partial charge in [0.25, 0.3) is 11.8 Å². The maximum atomic E-state index is 13.9. The van der Waals surface area contributed by atoms with Crippen molar-refractivity contribution < 1.29 is 56.8 Å². The minimum Gasteiger partial charge on any atom is -0.509 e. The van der Waals surface area contributed by atoms with Crippen LogP contribution in [0.3, 0.4) is 0 Å². The van der Waals surface area contributed by atoms with Gasteiger partial charge in [-0.1, -0.05) is 36.4 Å². The molecule has 0 atom stereocenters. The third-order valence-corrected chi connectivity index (χ3v) is 13.2. The summed E-state index contributed by atoms with van der Waals surface area (Å²) in [6.07, 6.45) is 5.76. The smallest absolute Gasteiger partial charge is 0.412 e. The molecule has 2 aliphatic heterocycles. The van der Waals surface area contributed by atoms with E-state index in [0.29, 0.717) is 85.0 Å². The lowest BCUT2D eigenvalue weighted by Gasteiger charge is -2.37. The number of benzene rings is 4. The van der Waals surface area contributed by atoms with E-state index < -0.39 is 40.4 Å². The van der Waals surface area contributed by atoms with Crippen molar-refractivity contribution in [3.8, 4) is 22.3 Å². The first-order valence-corrected chi connectivity index (χ1v) is 22.7. The number of nitrogens with one attached hydrogen (secondary N) is 3. The van der Waals surface area contributed by atoms with Crippen LogP contribution in [0.1, 0.15) is 87.5 Å². The molecule has 0 radical (unpaired) electrons. The first kappa shape index (κ1) is 50.8. The number of aryl methyl sites for hydroxylation is 2. The monoisotopic (exact) mass is 940 g/mol. The van der Waals surface area contributed by atoms with Crippen molar-refractivity contribution in [1.29, 1.82) is 0 Å². The highest BCUT2D eigenvalue weighted by molar-refractivity contribution is 6.24. The van der Waals surface area contributed by atoms with E-state index >= 15 is 0 Å². The maximum Gasteiger partial charge on any atom is 0.412 e. The lowest BCUT2D eigenvalue weighted by Crippen LogP contribution is -2.48. The number of alkyl carbamates (subject to hydrolysis) is 1. The molecule has 3 amide bonds. The van der Waals surface area contributed by atoms with Gasteiger partial charge < -0.3 is 36.0 Å². The van der Waals surface area contributed by atoms with Gasteiger partial charge in [0, 0.05) is 26.3 Å². The van der Waals surface area contributed by atoms with Crippen LogP contribution in [0.2, 0.25) is 0 Å². The molecular formula is C52H56F4N4O8. The molecule has 16 heteroatoms. The van der Waals surface area contributed by atoms with Crippen LogP contribution in [0.25, 0.3) is 33.4 Å². The quantitative estimate of drug-likeness (QED) is 0.0545. The van der Waals surface area contributed by atoms with Crippen molar-refractivity contribution in [1.82, 2.24) is 16.0 Å². The average Bonchev–Trinajstić information content (AvgIpc) is 3.72. The van der Waals surface area contributed by atoms with Crippen LogP contribution >= 0.6 is 0 Å². The van der Waals surface area contributed by atoms with Crippen LogP contribution in [0.15, 0.2) is 89.3 Å². The number of halogens is 4. The van der Waals surface area contributed by atoms with Crippen LogP contribution in [0, 0.1) is 49.0 Å². The number of nitrogens with zero attached hydrogens (tertiary/aromatic N) is 1. The van der Waals surface area contributed by atoms with E-state index in [1.807, 2.05) is 13.8 Å². The number of carbonyl (C=O) groups is 3. The number of aliphatic imine (C=N–C) groups is 1. The molecule has 2 saturated carbocycles. The fraction of sp³-hybridized carbons (Fsp3) is 0.385. The normalized spacial score (nSPS) is 21.9. The molecule has 4 aromatic rings. The summed E-state index contributed by atoms with van der Waals surface area (Å²) >= 11 is 0. The summed E-state index contributed by atoms with van der Waals surface area (Å²) in [5.74, 6) is -3.83. The van der Waals surface area contributed by atoms with Crippen LogP contribution in [0.5, 0.6) is 0 Å². The maximum absolute atomic E-state index is 13.9. The third kappa shape index (κ3) is 10.9.